The molecule has 2 aromatic carbocycles. The van der Waals surface area contributed by atoms with E-state index in [0.29, 0.717) is 33.4 Å². The van der Waals surface area contributed by atoms with Gasteiger partial charge in [-0.1, -0.05) is 23.7 Å². The van der Waals surface area contributed by atoms with E-state index < -0.39 is 5.97 Å². The molecule has 0 spiro atoms. The number of cyclic esters (lactones) is 1. The summed E-state index contributed by atoms with van der Waals surface area (Å²) < 4.78 is 16.0. The molecule has 1 aliphatic rings. The maximum atomic E-state index is 12.2. The molecule has 2 aromatic rings. The quantitative estimate of drug-likeness (QED) is 0.612. The van der Waals surface area contributed by atoms with E-state index in [1.807, 2.05) is 12.1 Å². The van der Waals surface area contributed by atoms with Gasteiger partial charge in [0.25, 0.3) is 0 Å². The number of halogens is 1. The summed E-state index contributed by atoms with van der Waals surface area (Å²) in [6.45, 7) is 0. The number of esters is 1. The predicted molar refractivity (Wildman–Crippen MR) is 93.0 cm³/mol. The van der Waals surface area contributed by atoms with Gasteiger partial charge in [0.2, 0.25) is 0 Å². The fraction of sp³-hybridized carbons (Fsp3) is 0.105. The minimum Gasteiger partial charge on any atom is -0.497 e. The lowest BCUT2D eigenvalue weighted by Gasteiger charge is -2.10. The Balaban J connectivity index is 2.00. The Morgan fingerprint density at radius 3 is 2.62 bits per heavy atom. The monoisotopic (exact) mass is 342 g/mol. The Morgan fingerprint density at radius 2 is 1.92 bits per heavy atom. The molecule has 0 saturated heterocycles. The molecule has 122 valence electrons. The normalized spacial score (nSPS) is 15.2. The SMILES string of the molecule is COc1ccc(OC)c(C2=C/C(=C/c3cccc(Cl)c3)C(=O)O2)c1. The van der Waals surface area contributed by atoms with E-state index in [-0.39, 0.29) is 0 Å². The molecule has 3 rings (SSSR count). The lowest BCUT2D eigenvalue weighted by Crippen LogP contribution is -1.98. The van der Waals surface area contributed by atoms with Crippen LogP contribution in [0.5, 0.6) is 11.5 Å². The van der Waals surface area contributed by atoms with E-state index in [0.717, 1.165) is 5.56 Å². The van der Waals surface area contributed by atoms with Crippen LogP contribution in [0, 0.1) is 0 Å². The van der Waals surface area contributed by atoms with Crippen LogP contribution in [0.3, 0.4) is 0 Å². The lowest BCUT2D eigenvalue weighted by atomic mass is 10.1. The summed E-state index contributed by atoms with van der Waals surface area (Å²) in [5.74, 6) is 1.24. The zero-order chi connectivity index (χ0) is 17.1. The van der Waals surface area contributed by atoms with Crippen LogP contribution in [-0.2, 0) is 9.53 Å². The van der Waals surface area contributed by atoms with E-state index in [9.17, 15) is 4.79 Å². The van der Waals surface area contributed by atoms with Gasteiger partial charge in [0.05, 0.1) is 25.4 Å². The number of hydrogen-bond donors (Lipinski definition) is 0. The van der Waals surface area contributed by atoms with E-state index in [1.165, 1.54) is 0 Å². The van der Waals surface area contributed by atoms with Crippen LogP contribution < -0.4 is 9.47 Å². The van der Waals surface area contributed by atoms with E-state index in [1.54, 1.807) is 56.7 Å². The summed E-state index contributed by atoms with van der Waals surface area (Å²) in [5.41, 5.74) is 1.92. The second-order valence-corrected chi connectivity index (χ2v) is 5.56. The van der Waals surface area contributed by atoms with Crippen LogP contribution in [0.2, 0.25) is 5.02 Å². The maximum absolute atomic E-state index is 12.2. The van der Waals surface area contributed by atoms with Gasteiger partial charge < -0.3 is 14.2 Å². The molecule has 0 N–H and O–H groups in total. The fourth-order valence-corrected chi connectivity index (χ4v) is 2.60. The Hall–Kier alpha value is -2.72. The maximum Gasteiger partial charge on any atom is 0.343 e. The molecule has 24 heavy (non-hydrogen) atoms. The van der Waals surface area contributed by atoms with Gasteiger partial charge in [0.15, 0.2) is 0 Å². The van der Waals surface area contributed by atoms with Crippen molar-refractivity contribution in [3.05, 3.63) is 70.3 Å². The number of ether oxygens (including phenoxy) is 3. The highest BCUT2D eigenvalue weighted by Crippen LogP contribution is 2.35. The van der Waals surface area contributed by atoms with Crippen molar-refractivity contribution in [3.63, 3.8) is 0 Å². The largest absolute Gasteiger partial charge is 0.497 e. The highest BCUT2D eigenvalue weighted by atomic mass is 35.5. The number of carbonyl (C=O) groups is 1. The van der Waals surface area contributed by atoms with Gasteiger partial charge in [-0.05, 0) is 48.0 Å². The molecule has 0 fully saturated rings. The third kappa shape index (κ3) is 3.29. The highest BCUT2D eigenvalue weighted by molar-refractivity contribution is 6.30. The number of carbonyl (C=O) groups excluding carboxylic acids is 1. The fourth-order valence-electron chi connectivity index (χ4n) is 2.40. The summed E-state index contributed by atoms with van der Waals surface area (Å²) >= 11 is 5.97. The second kappa shape index (κ2) is 6.81. The minimum absolute atomic E-state index is 0.420. The Bertz CT molecular complexity index is 852. The van der Waals surface area contributed by atoms with Gasteiger partial charge in [-0.3, -0.25) is 0 Å². The highest BCUT2D eigenvalue weighted by Gasteiger charge is 2.24. The van der Waals surface area contributed by atoms with Crippen molar-refractivity contribution in [2.75, 3.05) is 14.2 Å². The van der Waals surface area contributed by atoms with Crippen molar-refractivity contribution in [2.45, 2.75) is 0 Å². The molecule has 0 aliphatic carbocycles. The molecular weight excluding hydrogens is 328 g/mol. The minimum atomic E-state index is -0.421. The third-order valence-electron chi connectivity index (χ3n) is 3.57. The zero-order valence-corrected chi connectivity index (χ0v) is 14.0. The van der Waals surface area contributed by atoms with Gasteiger partial charge in [-0.2, -0.15) is 0 Å². The van der Waals surface area contributed by atoms with E-state index in [4.69, 9.17) is 25.8 Å². The first kappa shape index (κ1) is 16.1. The van der Waals surface area contributed by atoms with Crippen LogP contribution in [0.15, 0.2) is 54.1 Å². The predicted octanol–water partition coefficient (Wildman–Crippen LogP) is 4.34. The first-order chi connectivity index (χ1) is 11.6. The molecule has 0 saturated carbocycles. The van der Waals surface area contributed by atoms with E-state index >= 15 is 0 Å². The van der Waals surface area contributed by atoms with Crippen LogP contribution in [0.25, 0.3) is 11.8 Å². The molecule has 0 unspecified atom stereocenters. The van der Waals surface area contributed by atoms with Crippen molar-refractivity contribution in [3.8, 4) is 11.5 Å². The molecule has 0 atom stereocenters. The molecular formula is C19H15ClO4. The number of hydrogen-bond acceptors (Lipinski definition) is 4. The van der Waals surface area contributed by atoms with Gasteiger partial charge in [0, 0.05) is 5.02 Å². The molecule has 0 amide bonds. The van der Waals surface area contributed by atoms with Gasteiger partial charge >= 0.3 is 5.97 Å². The van der Waals surface area contributed by atoms with E-state index in [2.05, 4.69) is 0 Å². The molecule has 4 nitrogen and oxygen atoms in total. The van der Waals surface area contributed by atoms with Crippen LogP contribution in [-0.4, -0.2) is 20.2 Å². The van der Waals surface area contributed by atoms with Crippen molar-refractivity contribution in [2.24, 2.45) is 0 Å². The summed E-state index contributed by atoms with van der Waals surface area (Å²) in [5, 5.41) is 0.606. The van der Waals surface area contributed by atoms with Crippen molar-refractivity contribution in [1.29, 1.82) is 0 Å². The molecule has 0 radical (unpaired) electrons. The topological polar surface area (TPSA) is 44.8 Å². The second-order valence-electron chi connectivity index (χ2n) is 5.12. The van der Waals surface area contributed by atoms with Crippen molar-refractivity contribution in [1.82, 2.24) is 0 Å². The number of benzene rings is 2. The first-order valence-electron chi connectivity index (χ1n) is 7.24. The van der Waals surface area contributed by atoms with Gasteiger partial charge in [-0.15, -0.1) is 0 Å². The summed E-state index contributed by atoms with van der Waals surface area (Å²) in [6.07, 6.45) is 3.41. The molecule has 0 bridgehead atoms. The molecule has 5 heteroatoms. The van der Waals surface area contributed by atoms with Crippen LogP contribution in [0.4, 0.5) is 0 Å². The molecule has 0 aromatic heterocycles. The third-order valence-corrected chi connectivity index (χ3v) is 3.80. The number of methoxy groups -OCH3 is 2. The lowest BCUT2D eigenvalue weighted by molar-refractivity contribution is -0.130. The Kier molecular flexibility index (Phi) is 4.58. The summed E-state index contributed by atoms with van der Waals surface area (Å²) in [4.78, 5) is 12.2. The smallest absolute Gasteiger partial charge is 0.343 e. The Morgan fingerprint density at radius 1 is 1.08 bits per heavy atom. The zero-order valence-electron chi connectivity index (χ0n) is 13.2. The Labute approximate surface area is 144 Å². The van der Waals surface area contributed by atoms with Crippen LogP contribution in [0.1, 0.15) is 11.1 Å². The molecule has 1 aliphatic heterocycles. The average Bonchev–Trinajstić information content (AvgIpc) is 2.95. The standard InChI is InChI=1S/C19H15ClO4/c1-22-15-6-7-17(23-2)16(11-15)18-10-13(19(21)24-18)8-12-4-3-5-14(20)9-12/h3-11H,1-2H3/b13-8-. The number of rotatable bonds is 4. The van der Waals surface area contributed by atoms with Gasteiger partial charge in [0.1, 0.15) is 17.3 Å². The summed E-state index contributed by atoms with van der Waals surface area (Å²) in [7, 11) is 3.14. The molecule has 1 heterocycles. The summed E-state index contributed by atoms with van der Waals surface area (Å²) in [6, 6.07) is 12.6. The average molecular weight is 343 g/mol. The van der Waals surface area contributed by atoms with Crippen molar-refractivity contribution >= 4 is 29.4 Å². The van der Waals surface area contributed by atoms with Crippen LogP contribution >= 0.6 is 11.6 Å². The van der Waals surface area contributed by atoms with Crippen molar-refractivity contribution < 1.29 is 19.0 Å². The van der Waals surface area contributed by atoms with Gasteiger partial charge in [-0.25, -0.2) is 4.79 Å². The first-order valence-corrected chi connectivity index (χ1v) is 7.62.